The summed E-state index contributed by atoms with van der Waals surface area (Å²) in [5, 5.41) is 12.3. The van der Waals surface area contributed by atoms with Crippen molar-refractivity contribution in [3.63, 3.8) is 0 Å². The topological polar surface area (TPSA) is 102 Å². The molecule has 0 saturated heterocycles. The lowest BCUT2D eigenvalue weighted by Crippen LogP contribution is -2.42. The number of esters is 1. The maximum atomic E-state index is 12.7. The number of amides is 1. The number of benzene rings is 4. The summed E-state index contributed by atoms with van der Waals surface area (Å²) < 4.78 is 10.7. The second-order valence-corrected chi connectivity index (χ2v) is 10.7. The number of hydrogen-bond acceptors (Lipinski definition) is 5. The van der Waals surface area contributed by atoms with Gasteiger partial charge in [0.1, 0.15) is 17.5 Å². The lowest BCUT2D eigenvalue weighted by molar-refractivity contribution is -0.139. The molecule has 41 heavy (non-hydrogen) atoms. The zero-order valence-corrected chi connectivity index (χ0v) is 23.5. The van der Waals surface area contributed by atoms with Crippen molar-refractivity contribution in [1.29, 1.82) is 0 Å². The van der Waals surface area contributed by atoms with Crippen LogP contribution in [0.25, 0.3) is 11.1 Å². The normalized spacial score (nSPS) is 11.8. The van der Waals surface area contributed by atoms with E-state index in [1.165, 1.54) is 0 Å². The molecule has 210 valence electrons. The van der Waals surface area contributed by atoms with Crippen LogP contribution in [0.2, 0.25) is 0 Å². The maximum Gasteiger partial charge on any atom is 0.343 e. The number of carboxylic acid groups (broad SMARTS) is 1. The second kappa shape index (κ2) is 12.5. The van der Waals surface area contributed by atoms with E-state index >= 15 is 0 Å². The Morgan fingerprint density at radius 1 is 0.732 bits per heavy atom. The Balaban J connectivity index is 1.35. The average molecular weight is 552 g/mol. The number of aliphatic carboxylic acids is 1. The SMILES string of the molecule is COc1ccc(-c2ccc(C(=O)Oc3ccc(C[C@H](NC(=O)c4ccc(C(C)(C)C)cc4)C(=O)O)cc3)cc2)cc1. The van der Waals surface area contributed by atoms with E-state index in [2.05, 4.69) is 26.1 Å². The van der Waals surface area contributed by atoms with E-state index in [1.807, 2.05) is 48.5 Å². The fourth-order valence-corrected chi connectivity index (χ4v) is 4.24. The molecule has 4 aromatic rings. The van der Waals surface area contributed by atoms with E-state index in [0.717, 1.165) is 22.4 Å². The molecule has 4 rings (SSSR count). The third-order valence-electron chi connectivity index (χ3n) is 6.73. The number of ether oxygens (including phenoxy) is 2. The van der Waals surface area contributed by atoms with Crippen LogP contribution in [0, 0.1) is 0 Å². The first-order valence-electron chi connectivity index (χ1n) is 13.2. The van der Waals surface area contributed by atoms with Gasteiger partial charge in [-0.25, -0.2) is 9.59 Å². The van der Waals surface area contributed by atoms with Gasteiger partial charge >= 0.3 is 11.9 Å². The number of nitrogens with one attached hydrogen (secondary N) is 1. The van der Waals surface area contributed by atoms with Gasteiger partial charge in [-0.05, 0) is 76.2 Å². The molecule has 0 heterocycles. The van der Waals surface area contributed by atoms with E-state index in [4.69, 9.17) is 9.47 Å². The Hall–Kier alpha value is -4.91. The van der Waals surface area contributed by atoms with Crippen LogP contribution in [-0.2, 0) is 16.6 Å². The summed E-state index contributed by atoms with van der Waals surface area (Å²) in [4.78, 5) is 37.3. The Morgan fingerprint density at radius 3 is 1.76 bits per heavy atom. The molecule has 7 heteroatoms. The molecule has 0 spiro atoms. The maximum absolute atomic E-state index is 12.7. The molecule has 0 saturated carbocycles. The highest BCUT2D eigenvalue weighted by molar-refractivity contribution is 5.96. The Bertz CT molecular complexity index is 1500. The molecule has 1 amide bonds. The summed E-state index contributed by atoms with van der Waals surface area (Å²) in [7, 11) is 1.62. The Labute approximate surface area is 239 Å². The molecule has 1 atom stereocenters. The van der Waals surface area contributed by atoms with Crippen molar-refractivity contribution in [3.8, 4) is 22.6 Å². The van der Waals surface area contributed by atoms with Gasteiger partial charge in [0, 0.05) is 12.0 Å². The van der Waals surface area contributed by atoms with Crippen molar-refractivity contribution in [2.75, 3.05) is 7.11 Å². The van der Waals surface area contributed by atoms with E-state index in [1.54, 1.807) is 55.6 Å². The molecule has 0 bridgehead atoms. The summed E-state index contributed by atoms with van der Waals surface area (Å²) in [6.07, 6.45) is 0.0716. The van der Waals surface area contributed by atoms with Crippen LogP contribution < -0.4 is 14.8 Å². The fraction of sp³-hybridized carbons (Fsp3) is 0.206. The van der Waals surface area contributed by atoms with Gasteiger partial charge in [0.2, 0.25) is 0 Å². The second-order valence-electron chi connectivity index (χ2n) is 10.7. The zero-order valence-electron chi connectivity index (χ0n) is 23.5. The van der Waals surface area contributed by atoms with Crippen molar-refractivity contribution < 1.29 is 29.0 Å². The minimum absolute atomic E-state index is 0.0540. The summed E-state index contributed by atoms with van der Waals surface area (Å²) in [5.74, 6) is -1.01. The van der Waals surface area contributed by atoms with Gasteiger partial charge in [-0.2, -0.15) is 0 Å². The first-order valence-corrected chi connectivity index (χ1v) is 13.2. The Morgan fingerprint density at radius 2 is 1.24 bits per heavy atom. The molecular formula is C34H33NO6. The minimum atomic E-state index is -1.14. The van der Waals surface area contributed by atoms with Crippen LogP contribution in [0.4, 0.5) is 0 Å². The van der Waals surface area contributed by atoms with Gasteiger partial charge < -0.3 is 19.9 Å². The number of carboxylic acids is 1. The lowest BCUT2D eigenvalue weighted by atomic mass is 9.86. The predicted octanol–water partition coefficient (Wildman–Crippen LogP) is 6.30. The quantitative estimate of drug-likeness (QED) is 0.187. The molecule has 0 radical (unpaired) electrons. The molecule has 0 unspecified atom stereocenters. The van der Waals surface area contributed by atoms with Gasteiger partial charge in [-0.15, -0.1) is 0 Å². The van der Waals surface area contributed by atoms with Crippen LogP contribution in [0.3, 0.4) is 0 Å². The highest BCUT2D eigenvalue weighted by Crippen LogP contribution is 2.24. The van der Waals surface area contributed by atoms with Crippen molar-refractivity contribution in [3.05, 3.63) is 119 Å². The molecule has 0 aliphatic carbocycles. The van der Waals surface area contributed by atoms with Gasteiger partial charge in [0.15, 0.2) is 0 Å². The average Bonchev–Trinajstić information content (AvgIpc) is 2.97. The van der Waals surface area contributed by atoms with E-state index in [9.17, 15) is 19.5 Å². The summed E-state index contributed by atoms with van der Waals surface area (Å²) in [6, 6.07) is 27.3. The van der Waals surface area contributed by atoms with Crippen LogP contribution in [0.5, 0.6) is 11.5 Å². The monoisotopic (exact) mass is 551 g/mol. The van der Waals surface area contributed by atoms with Crippen molar-refractivity contribution >= 4 is 17.8 Å². The van der Waals surface area contributed by atoms with Gasteiger partial charge in [-0.1, -0.05) is 69.3 Å². The molecule has 0 aliphatic rings. The lowest BCUT2D eigenvalue weighted by Gasteiger charge is -2.19. The summed E-state index contributed by atoms with van der Waals surface area (Å²) >= 11 is 0. The molecule has 0 fully saturated rings. The minimum Gasteiger partial charge on any atom is -0.497 e. The first kappa shape index (κ1) is 29.1. The number of rotatable bonds is 9. The van der Waals surface area contributed by atoms with Gasteiger partial charge in [0.25, 0.3) is 5.91 Å². The van der Waals surface area contributed by atoms with E-state index in [0.29, 0.717) is 22.4 Å². The van der Waals surface area contributed by atoms with Gasteiger partial charge in [-0.3, -0.25) is 4.79 Å². The molecule has 7 nitrogen and oxygen atoms in total. The van der Waals surface area contributed by atoms with Crippen LogP contribution in [-0.4, -0.2) is 36.1 Å². The van der Waals surface area contributed by atoms with Crippen molar-refractivity contribution in [2.24, 2.45) is 0 Å². The van der Waals surface area contributed by atoms with Crippen LogP contribution in [0.1, 0.15) is 52.6 Å². The number of carbonyl (C=O) groups is 3. The predicted molar refractivity (Wildman–Crippen MR) is 158 cm³/mol. The van der Waals surface area contributed by atoms with Crippen LogP contribution in [0.15, 0.2) is 97.1 Å². The fourth-order valence-electron chi connectivity index (χ4n) is 4.24. The van der Waals surface area contributed by atoms with Crippen LogP contribution >= 0.6 is 0 Å². The third kappa shape index (κ3) is 7.60. The van der Waals surface area contributed by atoms with Gasteiger partial charge in [0.05, 0.1) is 12.7 Å². The Kier molecular flexibility index (Phi) is 8.87. The molecule has 0 aromatic heterocycles. The zero-order chi connectivity index (χ0) is 29.6. The number of hydrogen-bond donors (Lipinski definition) is 2. The van der Waals surface area contributed by atoms with Crippen molar-refractivity contribution in [2.45, 2.75) is 38.6 Å². The smallest absolute Gasteiger partial charge is 0.343 e. The standard InChI is InChI=1S/C34H33NO6/c1-34(2,3)27-15-11-25(12-16-27)31(36)35-30(32(37)38)21-22-5-17-29(18-6-22)41-33(39)26-9-7-23(8-10-26)24-13-19-28(40-4)20-14-24/h5-20,30H,21H2,1-4H3,(H,35,36)(H,37,38)/t30-/m0/s1. The first-order chi connectivity index (χ1) is 19.5. The largest absolute Gasteiger partial charge is 0.497 e. The van der Waals surface area contributed by atoms with Crippen molar-refractivity contribution in [1.82, 2.24) is 5.32 Å². The van der Waals surface area contributed by atoms with E-state index < -0.39 is 23.9 Å². The molecule has 4 aromatic carbocycles. The highest BCUT2D eigenvalue weighted by atomic mass is 16.5. The van der Waals surface area contributed by atoms with E-state index in [-0.39, 0.29) is 11.8 Å². The highest BCUT2D eigenvalue weighted by Gasteiger charge is 2.22. The molecule has 2 N–H and O–H groups in total. The number of carbonyl (C=O) groups excluding carboxylic acids is 2. The summed E-state index contributed by atoms with van der Waals surface area (Å²) in [6.45, 7) is 6.24. The number of methoxy groups -OCH3 is 1. The summed E-state index contributed by atoms with van der Waals surface area (Å²) in [5.41, 5.74) is 4.44. The third-order valence-corrected chi connectivity index (χ3v) is 6.73. The molecule has 0 aliphatic heterocycles. The molecular weight excluding hydrogens is 518 g/mol.